The topological polar surface area (TPSA) is 63.1 Å². The van der Waals surface area contributed by atoms with Crippen molar-refractivity contribution in [2.75, 3.05) is 18.4 Å². The first-order chi connectivity index (χ1) is 14.2. The maximum Gasteiger partial charge on any atom is 0.293 e. The molecule has 0 unspecified atom stereocenters. The zero-order valence-corrected chi connectivity index (χ0v) is 16.6. The van der Waals surface area contributed by atoms with Gasteiger partial charge in [0.2, 0.25) is 5.82 Å². The number of carbonyl (C=O) groups is 1. The third kappa shape index (κ3) is 3.68. The van der Waals surface area contributed by atoms with Gasteiger partial charge >= 0.3 is 0 Å². The molecule has 0 spiro atoms. The third-order valence-electron chi connectivity index (χ3n) is 6.06. The van der Waals surface area contributed by atoms with Crippen LogP contribution in [0, 0.1) is 18.8 Å². The average Bonchev–Trinajstić information content (AvgIpc) is 3.29. The van der Waals surface area contributed by atoms with Crippen LogP contribution in [0.25, 0.3) is 0 Å². The van der Waals surface area contributed by atoms with E-state index in [9.17, 15) is 4.79 Å². The molecule has 2 atom stereocenters. The highest BCUT2D eigenvalue weighted by atomic mass is 16.2. The van der Waals surface area contributed by atoms with Gasteiger partial charge in [-0.1, -0.05) is 48.0 Å². The summed E-state index contributed by atoms with van der Waals surface area (Å²) < 4.78 is 2.02. The Labute approximate surface area is 170 Å². The van der Waals surface area contributed by atoms with E-state index in [1.54, 1.807) is 0 Å². The Kier molecular flexibility index (Phi) is 4.64. The Morgan fingerprint density at radius 2 is 1.86 bits per heavy atom. The van der Waals surface area contributed by atoms with Crippen LogP contribution in [-0.2, 0) is 19.5 Å². The van der Waals surface area contributed by atoms with E-state index < -0.39 is 0 Å². The molecule has 0 aliphatic carbocycles. The number of amides is 1. The summed E-state index contributed by atoms with van der Waals surface area (Å²) in [5, 5.41) is 11.5. The number of aryl methyl sites for hydroxylation is 1. The van der Waals surface area contributed by atoms with Crippen molar-refractivity contribution in [3.8, 4) is 0 Å². The molecule has 0 bridgehead atoms. The number of hydrogen-bond donors (Lipinski definition) is 1. The fourth-order valence-corrected chi connectivity index (χ4v) is 4.70. The fraction of sp³-hybridized carbons (Fsp3) is 0.348. The second kappa shape index (κ2) is 7.44. The molecule has 0 radical (unpaired) electrons. The number of anilines is 1. The van der Waals surface area contributed by atoms with E-state index in [0.717, 1.165) is 44.1 Å². The largest absolute Gasteiger partial charge is 0.319 e. The van der Waals surface area contributed by atoms with Crippen LogP contribution >= 0.6 is 0 Å². The highest BCUT2D eigenvalue weighted by Gasteiger charge is 2.39. The number of nitrogens with zero attached hydrogens (tertiary/aromatic N) is 4. The Bertz CT molecular complexity index is 1030. The van der Waals surface area contributed by atoms with Crippen molar-refractivity contribution in [1.29, 1.82) is 0 Å². The summed E-state index contributed by atoms with van der Waals surface area (Å²) in [5.41, 5.74) is 3.44. The highest BCUT2D eigenvalue weighted by molar-refractivity contribution is 6.01. The van der Waals surface area contributed by atoms with E-state index in [1.165, 1.54) is 11.1 Å². The molecule has 1 fully saturated rings. The molecular weight excluding hydrogens is 362 g/mol. The van der Waals surface area contributed by atoms with Gasteiger partial charge in [-0.25, -0.2) is 0 Å². The van der Waals surface area contributed by atoms with E-state index in [-0.39, 0.29) is 5.91 Å². The molecular formula is C23H25N5O. The molecule has 3 aromatic rings. The SMILES string of the molecule is Cc1cccc(CN2C[C@H]3Cc4nnc(C(=O)Nc5ccccc5)n4C[C@@H]3C2)c1. The van der Waals surface area contributed by atoms with Crippen molar-refractivity contribution >= 4 is 11.6 Å². The second-order valence-electron chi connectivity index (χ2n) is 8.28. The van der Waals surface area contributed by atoms with Crippen molar-refractivity contribution in [3.63, 3.8) is 0 Å². The first-order valence-electron chi connectivity index (χ1n) is 10.2. The lowest BCUT2D eigenvalue weighted by Gasteiger charge is -2.25. The molecule has 1 saturated heterocycles. The van der Waals surface area contributed by atoms with Gasteiger partial charge in [0.25, 0.3) is 5.91 Å². The van der Waals surface area contributed by atoms with Crippen LogP contribution < -0.4 is 5.32 Å². The van der Waals surface area contributed by atoms with Crippen LogP contribution in [-0.4, -0.2) is 38.7 Å². The molecule has 2 aliphatic heterocycles. The number of carbonyl (C=O) groups excluding carboxylic acids is 1. The van der Waals surface area contributed by atoms with Crippen LogP contribution in [0.1, 0.15) is 27.6 Å². The molecule has 0 saturated carbocycles. The first kappa shape index (κ1) is 18.1. The smallest absolute Gasteiger partial charge is 0.293 e. The molecule has 1 N–H and O–H groups in total. The number of nitrogens with one attached hydrogen (secondary N) is 1. The van der Waals surface area contributed by atoms with Crippen LogP contribution in [0.3, 0.4) is 0 Å². The molecule has 148 valence electrons. The van der Waals surface area contributed by atoms with Crippen LogP contribution in [0.2, 0.25) is 0 Å². The Morgan fingerprint density at radius 3 is 2.69 bits per heavy atom. The third-order valence-corrected chi connectivity index (χ3v) is 6.06. The molecule has 29 heavy (non-hydrogen) atoms. The number of para-hydroxylation sites is 1. The average molecular weight is 387 g/mol. The van der Waals surface area contributed by atoms with Crippen LogP contribution in [0.15, 0.2) is 54.6 Å². The van der Waals surface area contributed by atoms with Crippen molar-refractivity contribution < 1.29 is 4.79 Å². The predicted octanol–water partition coefficient (Wildman–Crippen LogP) is 3.14. The van der Waals surface area contributed by atoms with E-state index in [2.05, 4.69) is 51.6 Å². The van der Waals surface area contributed by atoms with Gasteiger partial charge in [-0.2, -0.15) is 0 Å². The summed E-state index contributed by atoms with van der Waals surface area (Å²) in [6.45, 7) is 6.07. The lowest BCUT2D eigenvalue weighted by atomic mass is 9.89. The lowest BCUT2D eigenvalue weighted by Crippen LogP contribution is -2.31. The molecule has 1 amide bonds. The molecule has 6 heteroatoms. The summed E-state index contributed by atoms with van der Waals surface area (Å²) in [6, 6.07) is 18.2. The molecule has 1 aromatic heterocycles. The number of benzene rings is 2. The Morgan fingerprint density at radius 1 is 1.03 bits per heavy atom. The fourth-order valence-electron chi connectivity index (χ4n) is 4.70. The summed E-state index contributed by atoms with van der Waals surface area (Å²) in [6.07, 6.45) is 0.889. The molecule has 2 aromatic carbocycles. The van der Waals surface area contributed by atoms with Crippen molar-refractivity contribution in [2.45, 2.75) is 26.4 Å². The summed E-state index contributed by atoms with van der Waals surface area (Å²) in [5.74, 6) is 2.28. The maximum absolute atomic E-state index is 12.7. The number of aromatic nitrogens is 3. The van der Waals surface area contributed by atoms with Gasteiger partial charge in [-0.05, 0) is 36.5 Å². The van der Waals surface area contributed by atoms with Crippen molar-refractivity contribution in [2.24, 2.45) is 11.8 Å². The van der Waals surface area contributed by atoms with E-state index in [1.807, 2.05) is 34.9 Å². The van der Waals surface area contributed by atoms with Gasteiger partial charge in [-0.3, -0.25) is 9.69 Å². The standard InChI is InChI=1S/C23H25N5O/c1-16-6-5-7-17(10-16)12-27-13-18-11-21-25-26-22(28(21)15-19(18)14-27)23(29)24-20-8-3-2-4-9-20/h2-10,18-19H,11-15H2,1H3,(H,24,29)/t18-,19+/m1/s1. The zero-order valence-electron chi connectivity index (χ0n) is 16.6. The Hall–Kier alpha value is -2.99. The quantitative estimate of drug-likeness (QED) is 0.747. The van der Waals surface area contributed by atoms with Crippen LogP contribution in [0.4, 0.5) is 5.69 Å². The van der Waals surface area contributed by atoms with Gasteiger partial charge in [0.15, 0.2) is 0 Å². The van der Waals surface area contributed by atoms with E-state index >= 15 is 0 Å². The molecule has 3 heterocycles. The van der Waals surface area contributed by atoms with Crippen LogP contribution in [0.5, 0.6) is 0 Å². The predicted molar refractivity (Wildman–Crippen MR) is 112 cm³/mol. The minimum absolute atomic E-state index is 0.192. The number of likely N-dealkylation sites (tertiary alicyclic amines) is 1. The van der Waals surface area contributed by atoms with E-state index in [0.29, 0.717) is 17.7 Å². The van der Waals surface area contributed by atoms with Gasteiger partial charge in [0.1, 0.15) is 5.82 Å². The molecule has 2 aliphatic rings. The van der Waals surface area contributed by atoms with Crippen molar-refractivity contribution in [3.05, 3.63) is 77.4 Å². The zero-order chi connectivity index (χ0) is 19.8. The summed E-state index contributed by atoms with van der Waals surface area (Å²) in [4.78, 5) is 15.3. The number of rotatable bonds is 4. The Balaban J connectivity index is 1.28. The summed E-state index contributed by atoms with van der Waals surface area (Å²) in [7, 11) is 0. The minimum Gasteiger partial charge on any atom is -0.319 e. The highest BCUT2D eigenvalue weighted by Crippen LogP contribution is 2.33. The molecule has 6 nitrogen and oxygen atoms in total. The van der Waals surface area contributed by atoms with Crippen molar-refractivity contribution in [1.82, 2.24) is 19.7 Å². The van der Waals surface area contributed by atoms with E-state index in [4.69, 9.17) is 0 Å². The van der Waals surface area contributed by atoms with Gasteiger partial charge in [-0.15, -0.1) is 10.2 Å². The second-order valence-corrected chi connectivity index (χ2v) is 8.28. The van der Waals surface area contributed by atoms with Gasteiger partial charge in [0, 0.05) is 38.3 Å². The van der Waals surface area contributed by atoms with Gasteiger partial charge in [0.05, 0.1) is 0 Å². The number of hydrogen-bond acceptors (Lipinski definition) is 4. The monoisotopic (exact) mass is 387 g/mol. The minimum atomic E-state index is -0.192. The summed E-state index contributed by atoms with van der Waals surface area (Å²) >= 11 is 0. The number of fused-ring (bicyclic) bond motifs is 2. The molecule has 5 rings (SSSR count). The first-order valence-corrected chi connectivity index (χ1v) is 10.2. The maximum atomic E-state index is 12.7. The van der Waals surface area contributed by atoms with Gasteiger partial charge < -0.3 is 9.88 Å². The lowest BCUT2D eigenvalue weighted by molar-refractivity contribution is 0.100. The normalized spacial score (nSPS) is 20.9.